The largest absolute Gasteiger partial charge is 0.508 e. The van der Waals surface area contributed by atoms with Gasteiger partial charge in [0, 0.05) is 47.0 Å². The van der Waals surface area contributed by atoms with E-state index in [-0.39, 0.29) is 67.6 Å². The molecule has 0 radical (unpaired) electrons. The molecule has 6 rings (SSSR count). The van der Waals surface area contributed by atoms with Gasteiger partial charge < -0.3 is 38.7 Å². The number of methoxy groups -OCH3 is 2. The lowest BCUT2D eigenvalue weighted by molar-refractivity contribution is 0.409. The van der Waals surface area contributed by atoms with E-state index in [1.165, 1.54) is 56.7 Å². The zero-order valence-corrected chi connectivity index (χ0v) is 22.2. The fourth-order valence-electron chi connectivity index (χ4n) is 4.89. The highest BCUT2D eigenvalue weighted by Crippen LogP contribution is 2.46. The zero-order chi connectivity index (χ0) is 29.7. The van der Waals surface area contributed by atoms with Crippen molar-refractivity contribution in [2.24, 2.45) is 0 Å². The summed E-state index contributed by atoms with van der Waals surface area (Å²) in [6, 6.07) is 17.1. The van der Waals surface area contributed by atoms with Crippen molar-refractivity contribution in [3.63, 3.8) is 0 Å². The van der Waals surface area contributed by atoms with Crippen molar-refractivity contribution < 1.29 is 38.7 Å². The van der Waals surface area contributed by atoms with Crippen LogP contribution in [0.2, 0.25) is 0 Å². The maximum Gasteiger partial charge on any atom is 0.197 e. The minimum Gasteiger partial charge on any atom is -0.508 e. The number of ether oxygens (including phenoxy) is 2. The fraction of sp³-hybridized carbons (Fsp3) is 0.0625. The van der Waals surface area contributed by atoms with Crippen molar-refractivity contribution in [1.82, 2.24) is 0 Å². The summed E-state index contributed by atoms with van der Waals surface area (Å²) < 4.78 is 22.8. The van der Waals surface area contributed by atoms with Gasteiger partial charge in [-0.1, -0.05) is 0 Å². The molecule has 0 bridgehead atoms. The van der Waals surface area contributed by atoms with Gasteiger partial charge in [-0.2, -0.15) is 0 Å². The average molecular weight is 567 g/mol. The molecule has 0 aliphatic carbocycles. The fourth-order valence-corrected chi connectivity index (χ4v) is 4.89. The van der Waals surface area contributed by atoms with Gasteiger partial charge in [-0.3, -0.25) is 9.59 Å². The van der Waals surface area contributed by atoms with Crippen LogP contribution in [0.3, 0.4) is 0 Å². The number of hydrogen-bond acceptors (Lipinski definition) is 10. The molecule has 2 aromatic heterocycles. The van der Waals surface area contributed by atoms with Crippen LogP contribution in [0.15, 0.2) is 91.2 Å². The summed E-state index contributed by atoms with van der Waals surface area (Å²) in [7, 11) is 2.89. The molecule has 4 aromatic carbocycles. The molecule has 4 N–H and O–H groups in total. The first-order valence-corrected chi connectivity index (χ1v) is 12.5. The van der Waals surface area contributed by atoms with Crippen LogP contribution in [0.25, 0.3) is 55.7 Å². The van der Waals surface area contributed by atoms with Crippen molar-refractivity contribution in [3.05, 3.63) is 93.2 Å². The third-order valence-electron chi connectivity index (χ3n) is 6.88. The Hall–Kier alpha value is -5.90. The highest BCUT2D eigenvalue weighted by molar-refractivity contribution is 6.01. The predicted molar refractivity (Wildman–Crippen MR) is 155 cm³/mol. The molecule has 6 aromatic rings. The zero-order valence-electron chi connectivity index (χ0n) is 22.2. The molecular formula is C32H22O10. The SMILES string of the molecule is COc1ccc(-c2cc(=O)c3c(O)cc(OC)c(-c4cc(-c5cc(=O)c6c(O)cc(O)cc6o5)ccc4O)c3o2)cc1. The van der Waals surface area contributed by atoms with Crippen LogP contribution in [0.4, 0.5) is 0 Å². The van der Waals surface area contributed by atoms with Crippen LogP contribution in [0, 0.1) is 0 Å². The van der Waals surface area contributed by atoms with Gasteiger partial charge >= 0.3 is 0 Å². The molecule has 42 heavy (non-hydrogen) atoms. The number of fused-ring (bicyclic) bond motifs is 2. The van der Waals surface area contributed by atoms with Crippen LogP contribution in [0.1, 0.15) is 0 Å². The maximum absolute atomic E-state index is 13.3. The van der Waals surface area contributed by atoms with Crippen LogP contribution in [0.5, 0.6) is 34.5 Å². The minimum absolute atomic E-state index is 0.0487. The number of benzene rings is 4. The molecule has 0 saturated carbocycles. The van der Waals surface area contributed by atoms with E-state index >= 15 is 0 Å². The van der Waals surface area contributed by atoms with E-state index in [4.69, 9.17) is 18.3 Å². The van der Waals surface area contributed by atoms with Gasteiger partial charge in [0.1, 0.15) is 62.4 Å². The van der Waals surface area contributed by atoms with Crippen molar-refractivity contribution >= 4 is 21.9 Å². The molecular weight excluding hydrogens is 544 g/mol. The first kappa shape index (κ1) is 26.3. The molecule has 0 atom stereocenters. The molecule has 0 spiro atoms. The Morgan fingerprint density at radius 1 is 0.619 bits per heavy atom. The molecule has 0 fully saturated rings. The summed E-state index contributed by atoms with van der Waals surface area (Å²) in [5.41, 5.74) is 0.0220. The first-order chi connectivity index (χ1) is 20.2. The molecule has 0 saturated heterocycles. The monoisotopic (exact) mass is 566 g/mol. The van der Waals surface area contributed by atoms with Crippen molar-refractivity contribution in [1.29, 1.82) is 0 Å². The van der Waals surface area contributed by atoms with Gasteiger partial charge in [0.05, 0.1) is 19.8 Å². The summed E-state index contributed by atoms with van der Waals surface area (Å²) in [5.74, 6) is -0.363. The Morgan fingerprint density at radius 2 is 1.26 bits per heavy atom. The number of aromatic hydroxyl groups is 4. The smallest absolute Gasteiger partial charge is 0.197 e. The van der Waals surface area contributed by atoms with Crippen LogP contribution >= 0.6 is 0 Å². The molecule has 10 nitrogen and oxygen atoms in total. The third kappa shape index (κ3) is 4.31. The third-order valence-corrected chi connectivity index (χ3v) is 6.88. The number of phenolic OH excluding ortho intramolecular Hbond substituents is 4. The molecule has 210 valence electrons. The topological polar surface area (TPSA) is 160 Å². The van der Waals surface area contributed by atoms with Crippen LogP contribution < -0.4 is 20.3 Å². The van der Waals surface area contributed by atoms with Gasteiger partial charge in [0.2, 0.25) is 0 Å². The Bertz CT molecular complexity index is 2140. The molecule has 0 aliphatic rings. The summed E-state index contributed by atoms with van der Waals surface area (Å²) in [6.07, 6.45) is 0. The molecule has 10 heteroatoms. The van der Waals surface area contributed by atoms with E-state index in [1.807, 2.05) is 0 Å². The van der Waals surface area contributed by atoms with Crippen molar-refractivity contribution in [2.45, 2.75) is 0 Å². The highest BCUT2D eigenvalue weighted by atomic mass is 16.5. The Kier molecular flexibility index (Phi) is 6.23. The number of phenols is 4. The van der Waals surface area contributed by atoms with Crippen molar-refractivity contribution in [3.8, 4) is 68.3 Å². The van der Waals surface area contributed by atoms with Gasteiger partial charge in [0.15, 0.2) is 16.4 Å². The maximum atomic E-state index is 13.3. The van der Waals surface area contributed by atoms with Gasteiger partial charge in [0.25, 0.3) is 0 Å². The van der Waals surface area contributed by atoms with E-state index in [2.05, 4.69) is 0 Å². The standard InChI is InChI=1S/C32H22O10/c1-39-18-6-3-15(4-7-18)25-13-23(37)31-24(38)14-27(40-2)29(32(31)42-25)19-9-16(5-8-20(19)34)26-12-22(36)30-21(35)10-17(33)11-28(30)41-26/h3-14,33-35,38H,1-2H3. The predicted octanol–water partition coefficient (Wildman–Crippen LogP) is 5.74. The Morgan fingerprint density at radius 3 is 1.95 bits per heavy atom. The van der Waals surface area contributed by atoms with E-state index in [1.54, 1.807) is 24.3 Å². The van der Waals surface area contributed by atoms with Gasteiger partial charge in [-0.25, -0.2) is 0 Å². The summed E-state index contributed by atoms with van der Waals surface area (Å²) >= 11 is 0. The summed E-state index contributed by atoms with van der Waals surface area (Å²) in [6.45, 7) is 0. The van der Waals surface area contributed by atoms with E-state index in [0.29, 0.717) is 16.9 Å². The van der Waals surface area contributed by atoms with Gasteiger partial charge in [-0.05, 0) is 42.5 Å². The normalized spacial score (nSPS) is 11.2. The highest BCUT2D eigenvalue weighted by Gasteiger charge is 2.23. The quantitative estimate of drug-likeness (QED) is 0.203. The summed E-state index contributed by atoms with van der Waals surface area (Å²) in [5, 5.41) is 41.5. The van der Waals surface area contributed by atoms with Crippen molar-refractivity contribution in [2.75, 3.05) is 14.2 Å². The molecule has 0 unspecified atom stereocenters. The summed E-state index contributed by atoms with van der Waals surface area (Å²) in [4.78, 5) is 26.1. The van der Waals surface area contributed by atoms with Crippen LogP contribution in [-0.4, -0.2) is 34.6 Å². The second kappa shape index (κ2) is 9.93. The lowest BCUT2D eigenvalue weighted by Gasteiger charge is -2.15. The van der Waals surface area contributed by atoms with E-state index in [9.17, 15) is 30.0 Å². The second-order valence-corrected chi connectivity index (χ2v) is 9.43. The molecule has 2 heterocycles. The average Bonchev–Trinajstić information content (AvgIpc) is 2.96. The Labute approximate surface area is 236 Å². The van der Waals surface area contributed by atoms with Gasteiger partial charge in [-0.15, -0.1) is 0 Å². The lowest BCUT2D eigenvalue weighted by atomic mass is 9.96. The van der Waals surface area contributed by atoms with E-state index in [0.717, 1.165) is 6.07 Å². The minimum atomic E-state index is -0.554. The van der Waals surface area contributed by atoms with E-state index < -0.39 is 16.6 Å². The lowest BCUT2D eigenvalue weighted by Crippen LogP contribution is -2.03. The second-order valence-electron chi connectivity index (χ2n) is 9.43. The number of hydrogen-bond donors (Lipinski definition) is 4. The first-order valence-electron chi connectivity index (χ1n) is 12.5. The Balaban J connectivity index is 1.62. The molecule has 0 aliphatic heterocycles. The molecule has 0 amide bonds. The van der Waals surface area contributed by atoms with Crippen LogP contribution in [-0.2, 0) is 0 Å². The number of rotatable bonds is 5.